The second-order valence-electron chi connectivity index (χ2n) is 15.7. The van der Waals surface area contributed by atoms with Gasteiger partial charge in [0.1, 0.15) is 0 Å². The number of rotatable bonds is 42. The molecule has 0 aliphatic rings. The lowest BCUT2D eigenvalue weighted by Gasteiger charge is -2.20. The first-order valence-corrected chi connectivity index (χ1v) is 23.1. The predicted molar refractivity (Wildman–Crippen MR) is 227 cm³/mol. The minimum atomic E-state index is -0.854. The topological polar surface area (TPSA) is 95.9 Å². The number of hydrogen-bond donors (Lipinski definition) is 3. The molecule has 0 aromatic heterocycles. The molecule has 0 aromatic carbocycles. The number of ether oxygens (including phenoxy) is 1. The fourth-order valence-corrected chi connectivity index (χ4v) is 6.86. The van der Waals surface area contributed by atoms with Gasteiger partial charge in [-0.3, -0.25) is 9.59 Å². The summed E-state index contributed by atoms with van der Waals surface area (Å²) in [5.41, 5.74) is 0. The van der Waals surface area contributed by atoms with Crippen molar-refractivity contribution in [2.75, 3.05) is 13.2 Å². The molecule has 0 saturated heterocycles. The number of nitrogens with one attached hydrogen (secondary N) is 1. The molecule has 53 heavy (non-hydrogen) atoms. The number of carbonyl (C=O) groups excluding carboxylic acids is 2. The van der Waals surface area contributed by atoms with Crippen LogP contribution in [-0.2, 0) is 14.3 Å². The monoisotopic (exact) mass is 748 g/mol. The number of esters is 1. The van der Waals surface area contributed by atoms with E-state index in [2.05, 4.69) is 31.3 Å². The molecule has 6 heteroatoms. The summed E-state index contributed by atoms with van der Waals surface area (Å²) >= 11 is 0. The van der Waals surface area contributed by atoms with Crippen molar-refractivity contribution in [1.29, 1.82) is 0 Å². The Morgan fingerprint density at radius 2 is 0.887 bits per heavy atom. The van der Waals surface area contributed by atoms with Gasteiger partial charge < -0.3 is 20.3 Å². The number of allylic oxidation sites excluding steroid dienone is 3. The van der Waals surface area contributed by atoms with Gasteiger partial charge in [0.25, 0.3) is 0 Å². The smallest absolute Gasteiger partial charge is 0.305 e. The molecule has 0 aromatic rings. The normalized spacial score (nSPS) is 12.9. The van der Waals surface area contributed by atoms with Crippen molar-refractivity contribution >= 4 is 11.9 Å². The van der Waals surface area contributed by atoms with Gasteiger partial charge in [-0.05, 0) is 57.8 Å². The Labute approximate surface area is 329 Å². The van der Waals surface area contributed by atoms with E-state index in [1.54, 1.807) is 6.08 Å². The Kier molecular flexibility index (Phi) is 41.7. The predicted octanol–water partition coefficient (Wildman–Crippen LogP) is 13.2. The average Bonchev–Trinajstić information content (AvgIpc) is 3.16. The van der Waals surface area contributed by atoms with Crippen LogP contribution in [0.3, 0.4) is 0 Å². The van der Waals surface area contributed by atoms with Crippen molar-refractivity contribution in [3.8, 4) is 0 Å². The third-order valence-corrected chi connectivity index (χ3v) is 10.5. The van der Waals surface area contributed by atoms with E-state index in [4.69, 9.17) is 4.74 Å². The Morgan fingerprint density at radius 1 is 0.509 bits per heavy atom. The summed E-state index contributed by atoms with van der Waals surface area (Å²) in [6.07, 6.45) is 48.8. The molecule has 0 aliphatic carbocycles. The van der Waals surface area contributed by atoms with Crippen molar-refractivity contribution in [2.45, 2.75) is 251 Å². The fourth-order valence-electron chi connectivity index (χ4n) is 6.86. The minimum absolute atomic E-state index is 0.0244. The fraction of sp³-hybridized carbons (Fsp3) is 0.872. The van der Waals surface area contributed by atoms with Crippen molar-refractivity contribution in [3.63, 3.8) is 0 Å². The van der Waals surface area contributed by atoms with E-state index < -0.39 is 12.1 Å². The first-order chi connectivity index (χ1) is 26.0. The van der Waals surface area contributed by atoms with E-state index >= 15 is 0 Å². The van der Waals surface area contributed by atoms with E-state index in [0.29, 0.717) is 19.4 Å². The molecule has 0 aliphatic heterocycles. The van der Waals surface area contributed by atoms with E-state index in [0.717, 1.165) is 57.8 Å². The molecule has 2 atom stereocenters. The summed E-state index contributed by atoms with van der Waals surface area (Å²) in [4.78, 5) is 24.4. The van der Waals surface area contributed by atoms with Crippen LogP contribution in [-0.4, -0.2) is 47.4 Å². The SMILES string of the molecule is CCCCCCCC/C=C\CCCCCCCC(=O)OCCCCCCCCCCCCCC(=O)NC(CO)C(O)/C=C/CCCCCCCCCC. The van der Waals surface area contributed by atoms with Crippen molar-refractivity contribution in [1.82, 2.24) is 5.32 Å². The molecule has 2 unspecified atom stereocenters. The molecule has 0 heterocycles. The van der Waals surface area contributed by atoms with Crippen LogP contribution in [0.25, 0.3) is 0 Å². The quantitative estimate of drug-likeness (QED) is 0.0328. The third-order valence-electron chi connectivity index (χ3n) is 10.5. The molecule has 0 radical (unpaired) electrons. The van der Waals surface area contributed by atoms with Gasteiger partial charge in [-0.25, -0.2) is 0 Å². The average molecular weight is 748 g/mol. The van der Waals surface area contributed by atoms with Crippen molar-refractivity contribution in [2.24, 2.45) is 0 Å². The highest BCUT2D eigenvalue weighted by Gasteiger charge is 2.18. The molecular formula is C47H89NO5. The lowest BCUT2D eigenvalue weighted by Crippen LogP contribution is -2.45. The van der Waals surface area contributed by atoms with Gasteiger partial charge in [0.05, 0.1) is 25.4 Å². The first-order valence-electron chi connectivity index (χ1n) is 23.1. The Bertz CT molecular complexity index is 828. The van der Waals surface area contributed by atoms with Crippen LogP contribution in [0.15, 0.2) is 24.3 Å². The van der Waals surface area contributed by atoms with Gasteiger partial charge in [0.2, 0.25) is 5.91 Å². The van der Waals surface area contributed by atoms with Crippen LogP contribution >= 0.6 is 0 Å². The lowest BCUT2D eigenvalue weighted by atomic mass is 10.0. The molecule has 0 bridgehead atoms. The summed E-state index contributed by atoms with van der Waals surface area (Å²) in [6.45, 7) is 4.82. The van der Waals surface area contributed by atoms with E-state index in [9.17, 15) is 19.8 Å². The van der Waals surface area contributed by atoms with E-state index in [1.165, 1.54) is 154 Å². The molecule has 1 amide bonds. The molecule has 0 fully saturated rings. The van der Waals surface area contributed by atoms with E-state index in [-0.39, 0.29) is 18.5 Å². The largest absolute Gasteiger partial charge is 0.466 e. The summed E-state index contributed by atoms with van der Waals surface area (Å²) in [6, 6.07) is -0.640. The minimum Gasteiger partial charge on any atom is -0.466 e. The number of unbranched alkanes of at least 4 members (excludes halogenated alkanes) is 29. The van der Waals surface area contributed by atoms with Crippen LogP contribution in [0.1, 0.15) is 239 Å². The Hall–Kier alpha value is -1.66. The van der Waals surface area contributed by atoms with Gasteiger partial charge in [-0.1, -0.05) is 192 Å². The zero-order valence-corrected chi connectivity index (χ0v) is 35.2. The molecular weight excluding hydrogens is 659 g/mol. The van der Waals surface area contributed by atoms with Crippen molar-refractivity contribution in [3.05, 3.63) is 24.3 Å². The maximum Gasteiger partial charge on any atom is 0.305 e. The van der Waals surface area contributed by atoms with Gasteiger partial charge in [-0.2, -0.15) is 0 Å². The number of aliphatic hydroxyl groups is 2. The molecule has 3 N–H and O–H groups in total. The standard InChI is InChI=1S/C47H89NO5/c1-3-5-7-9-11-13-15-16-17-18-21-25-29-33-37-41-47(52)53-42-38-34-30-26-22-19-20-24-28-32-36-40-46(51)48-44(43-49)45(50)39-35-31-27-23-14-12-10-8-6-4-2/h16-17,35,39,44-45,49-50H,3-15,18-34,36-38,40-43H2,1-2H3,(H,48,51)/b17-16-,39-35+. The zero-order chi connectivity index (χ0) is 38.7. The summed E-state index contributed by atoms with van der Waals surface area (Å²) < 4.78 is 5.44. The summed E-state index contributed by atoms with van der Waals surface area (Å²) in [5.74, 6) is -0.114. The maximum absolute atomic E-state index is 12.3. The third kappa shape index (κ3) is 39.8. The first kappa shape index (κ1) is 51.3. The second kappa shape index (κ2) is 43.1. The zero-order valence-electron chi connectivity index (χ0n) is 35.2. The lowest BCUT2D eigenvalue weighted by molar-refractivity contribution is -0.143. The van der Waals surface area contributed by atoms with Crippen LogP contribution in [0.2, 0.25) is 0 Å². The molecule has 0 rings (SSSR count). The number of amides is 1. The molecule has 0 spiro atoms. The molecule has 0 saturated carbocycles. The maximum atomic E-state index is 12.3. The highest BCUT2D eigenvalue weighted by molar-refractivity contribution is 5.76. The Morgan fingerprint density at radius 3 is 1.34 bits per heavy atom. The van der Waals surface area contributed by atoms with Crippen LogP contribution < -0.4 is 5.32 Å². The van der Waals surface area contributed by atoms with Crippen molar-refractivity contribution < 1.29 is 24.5 Å². The number of hydrogen-bond acceptors (Lipinski definition) is 5. The van der Waals surface area contributed by atoms with Gasteiger partial charge in [0, 0.05) is 12.8 Å². The number of carbonyl (C=O) groups is 2. The van der Waals surface area contributed by atoms with E-state index in [1.807, 2.05) is 6.08 Å². The highest BCUT2D eigenvalue weighted by atomic mass is 16.5. The highest BCUT2D eigenvalue weighted by Crippen LogP contribution is 2.14. The van der Waals surface area contributed by atoms with Gasteiger partial charge in [0.15, 0.2) is 0 Å². The van der Waals surface area contributed by atoms with Gasteiger partial charge in [-0.15, -0.1) is 0 Å². The summed E-state index contributed by atoms with van der Waals surface area (Å²) in [7, 11) is 0. The van der Waals surface area contributed by atoms with Gasteiger partial charge >= 0.3 is 5.97 Å². The van der Waals surface area contributed by atoms with Crippen LogP contribution in [0.4, 0.5) is 0 Å². The van der Waals surface area contributed by atoms with Crippen LogP contribution in [0.5, 0.6) is 0 Å². The molecule has 312 valence electrons. The molecule has 6 nitrogen and oxygen atoms in total. The summed E-state index contributed by atoms with van der Waals surface area (Å²) in [5, 5.41) is 22.9. The number of aliphatic hydroxyl groups excluding tert-OH is 2. The second-order valence-corrected chi connectivity index (χ2v) is 15.7. The van der Waals surface area contributed by atoms with Crippen LogP contribution in [0, 0.1) is 0 Å². The Balaban J connectivity index is 3.49.